The smallest absolute Gasteiger partial charge is 0.186 e. The average molecular weight is 508 g/mol. The van der Waals surface area contributed by atoms with Crippen molar-refractivity contribution in [1.82, 2.24) is 14.8 Å². The van der Waals surface area contributed by atoms with Crippen LogP contribution in [-0.4, -0.2) is 81.4 Å². The Labute approximate surface area is 218 Å². The van der Waals surface area contributed by atoms with Gasteiger partial charge in [-0.25, -0.2) is 4.98 Å². The lowest BCUT2D eigenvalue weighted by atomic mass is 10.1. The van der Waals surface area contributed by atoms with E-state index in [2.05, 4.69) is 74.5 Å². The Kier molecular flexibility index (Phi) is 8.38. The monoisotopic (exact) mass is 507 g/mol. The molecule has 192 valence electrons. The lowest BCUT2D eigenvalue weighted by Crippen LogP contribution is -2.44. The van der Waals surface area contributed by atoms with Gasteiger partial charge in [0, 0.05) is 70.0 Å². The van der Waals surface area contributed by atoms with Gasteiger partial charge >= 0.3 is 0 Å². The molecule has 2 saturated heterocycles. The van der Waals surface area contributed by atoms with Crippen molar-refractivity contribution >= 4 is 22.2 Å². The molecule has 0 N–H and O–H groups in total. The molecule has 2 aromatic carbocycles. The Morgan fingerprint density at radius 3 is 2.44 bits per heavy atom. The molecule has 0 aliphatic carbocycles. The molecule has 2 fully saturated rings. The van der Waals surface area contributed by atoms with Crippen molar-refractivity contribution < 1.29 is 9.47 Å². The molecule has 8 heteroatoms. The summed E-state index contributed by atoms with van der Waals surface area (Å²) >= 11 is 1.73. The molecular formula is C28H37N5O2S. The zero-order valence-corrected chi connectivity index (χ0v) is 22.3. The summed E-state index contributed by atoms with van der Waals surface area (Å²) in [5.74, 6) is 0.885. The Morgan fingerprint density at radius 2 is 1.69 bits per heavy atom. The van der Waals surface area contributed by atoms with Crippen LogP contribution in [-0.2, 0) is 24.4 Å². The second-order valence-corrected chi connectivity index (χ2v) is 10.5. The average Bonchev–Trinajstić information content (AvgIpc) is 3.38. The molecule has 2 aliphatic heterocycles. The SMILES string of the molecule is COc1cccc(CN(Cc2ccc(N3CCN(C)CC3)cc2)c2nc(CN3CCOCC3)cs2)c1. The van der Waals surface area contributed by atoms with E-state index in [0.29, 0.717) is 0 Å². The van der Waals surface area contributed by atoms with Crippen LogP contribution in [0.5, 0.6) is 5.75 Å². The number of rotatable bonds is 9. The van der Waals surface area contributed by atoms with Gasteiger partial charge in [0.1, 0.15) is 5.75 Å². The number of benzene rings is 2. The fraction of sp³-hybridized carbons (Fsp3) is 0.464. The zero-order valence-electron chi connectivity index (χ0n) is 21.4. The van der Waals surface area contributed by atoms with Gasteiger partial charge in [-0.3, -0.25) is 4.90 Å². The number of methoxy groups -OCH3 is 1. The first-order valence-corrected chi connectivity index (χ1v) is 13.7. The second kappa shape index (κ2) is 12.1. The molecule has 0 radical (unpaired) electrons. The lowest BCUT2D eigenvalue weighted by molar-refractivity contribution is 0.0337. The molecule has 2 aliphatic rings. The number of likely N-dealkylation sites (N-methyl/N-ethyl adjacent to an activating group) is 1. The standard InChI is InChI=1S/C28H37N5O2S/c1-30-10-12-32(13-11-30)26-8-6-23(7-9-26)19-33(20-24-4-3-5-27(18-24)34-2)28-29-25(22-36-28)21-31-14-16-35-17-15-31/h3-9,18,22H,10-17,19-21H2,1-2H3. The number of hydrogen-bond acceptors (Lipinski definition) is 8. The molecule has 0 bridgehead atoms. The highest BCUT2D eigenvalue weighted by Crippen LogP contribution is 2.27. The Balaban J connectivity index is 1.31. The van der Waals surface area contributed by atoms with Gasteiger partial charge in [0.15, 0.2) is 5.13 Å². The molecule has 0 spiro atoms. The summed E-state index contributed by atoms with van der Waals surface area (Å²) in [5, 5.41) is 3.27. The molecule has 0 saturated carbocycles. The van der Waals surface area contributed by atoms with Gasteiger partial charge in [-0.15, -0.1) is 11.3 Å². The fourth-order valence-corrected chi connectivity index (χ4v) is 5.60. The number of morpholine rings is 1. The van der Waals surface area contributed by atoms with Gasteiger partial charge in [-0.2, -0.15) is 0 Å². The van der Waals surface area contributed by atoms with Crippen LogP contribution in [0.25, 0.3) is 0 Å². The summed E-state index contributed by atoms with van der Waals surface area (Å²) in [7, 11) is 3.92. The van der Waals surface area contributed by atoms with Crippen LogP contribution in [0.4, 0.5) is 10.8 Å². The van der Waals surface area contributed by atoms with Crippen molar-refractivity contribution in [3.8, 4) is 5.75 Å². The minimum atomic E-state index is 0.780. The Hall–Kier alpha value is -2.65. The molecule has 3 heterocycles. The molecule has 0 unspecified atom stereocenters. The van der Waals surface area contributed by atoms with Crippen LogP contribution < -0.4 is 14.5 Å². The lowest BCUT2D eigenvalue weighted by Gasteiger charge is -2.34. The van der Waals surface area contributed by atoms with Crippen molar-refractivity contribution in [2.75, 3.05) is 76.4 Å². The van der Waals surface area contributed by atoms with E-state index >= 15 is 0 Å². The topological polar surface area (TPSA) is 44.3 Å². The van der Waals surface area contributed by atoms with Crippen molar-refractivity contribution in [1.29, 1.82) is 0 Å². The van der Waals surface area contributed by atoms with E-state index in [9.17, 15) is 0 Å². The van der Waals surface area contributed by atoms with Gasteiger partial charge < -0.3 is 24.2 Å². The molecule has 36 heavy (non-hydrogen) atoms. The third kappa shape index (κ3) is 6.56. The maximum atomic E-state index is 5.50. The second-order valence-electron chi connectivity index (χ2n) is 9.67. The first-order valence-electron chi connectivity index (χ1n) is 12.8. The van der Waals surface area contributed by atoms with Crippen molar-refractivity contribution in [3.63, 3.8) is 0 Å². The van der Waals surface area contributed by atoms with Gasteiger partial charge in [0.2, 0.25) is 0 Å². The summed E-state index contributed by atoms with van der Waals surface area (Å²) < 4.78 is 11.0. The summed E-state index contributed by atoms with van der Waals surface area (Å²) in [5.41, 5.74) is 4.96. The van der Waals surface area contributed by atoms with E-state index in [1.54, 1.807) is 18.4 Å². The van der Waals surface area contributed by atoms with Crippen LogP contribution in [0.1, 0.15) is 16.8 Å². The molecule has 3 aromatic rings. The maximum Gasteiger partial charge on any atom is 0.186 e. The molecule has 1 aromatic heterocycles. The van der Waals surface area contributed by atoms with Crippen molar-refractivity contribution in [3.05, 3.63) is 70.7 Å². The minimum absolute atomic E-state index is 0.780. The highest BCUT2D eigenvalue weighted by molar-refractivity contribution is 7.13. The van der Waals surface area contributed by atoms with Gasteiger partial charge in [0.25, 0.3) is 0 Å². The predicted octanol–water partition coefficient (Wildman–Crippen LogP) is 3.94. The van der Waals surface area contributed by atoms with Crippen molar-refractivity contribution in [2.45, 2.75) is 19.6 Å². The number of ether oxygens (including phenoxy) is 2. The largest absolute Gasteiger partial charge is 0.497 e. The number of piperazine rings is 1. The minimum Gasteiger partial charge on any atom is -0.497 e. The van der Waals surface area contributed by atoms with Crippen LogP contribution in [0, 0.1) is 0 Å². The van der Waals surface area contributed by atoms with E-state index in [-0.39, 0.29) is 0 Å². The van der Waals surface area contributed by atoms with Crippen LogP contribution in [0.2, 0.25) is 0 Å². The van der Waals surface area contributed by atoms with Gasteiger partial charge in [-0.1, -0.05) is 24.3 Å². The Bertz CT molecular complexity index is 1090. The highest BCUT2D eigenvalue weighted by atomic mass is 32.1. The van der Waals surface area contributed by atoms with Crippen LogP contribution >= 0.6 is 11.3 Å². The summed E-state index contributed by atoms with van der Waals surface area (Å²) in [6, 6.07) is 17.4. The van der Waals surface area contributed by atoms with Crippen LogP contribution in [0.15, 0.2) is 53.9 Å². The van der Waals surface area contributed by atoms with Gasteiger partial charge in [-0.05, 0) is 42.4 Å². The zero-order chi connectivity index (χ0) is 24.7. The predicted molar refractivity (Wildman–Crippen MR) is 147 cm³/mol. The number of thiazole rings is 1. The first-order chi connectivity index (χ1) is 17.7. The summed E-state index contributed by atoms with van der Waals surface area (Å²) in [6.45, 7) is 10.4. The number of aromatic nitrogens is 1. The molecule has 5 rings (SSSR count). The quantitative estimate of drug-likeness (QED) is 0.435. The first kappa shape index (κ1) is 25.0. The van der Waals surface area contributed by atoms with E-state index in [1.165, 1.54) is 16.8 Å². The van der Waals surface area contributed by atoms with E-state index < -0.39 is 0 Å². The highest BCUT2D eigenvalue weighted by Gasteiger charge is 2.18. The molecular weight excluding hydrogens is 470 g/mol. The third-order valence-electron chi connectivity index (χ3n) is 6.99. The van der Waals surface area contributed by atoms with Crippen molar-refractivity contribution in [2.24, 2.45) is 0 Å². The van der Waals surface area contributed by atoms with Crippen LogP contribution in [0.3, 0.4) is 0 Å². The molecule has 0 amide bonds. The van der Waals surface area contributed by atoms with E-state index in [0.717, 1.165) is 88.7 Å². The number of nitrogens with zero attached hydrogens (tertiary/aromatic N) is 5. The normalized spacial score (nSPS) is 17.3. The number of anilines is 2. The summed E-state index contributed by atoms with van der Waals surface area (Å²) in [6.07, 6.45) is 0. The number of hydrogen-bond donors (Lipinski definition) is 0. The Morgan fingerprint density at radius 1 is 0.944 bits per heavy atom. The summed E-state index contributed by atoms with van der Waals surface area (Å²) in [4.78, 5) is 14.7. The van der Waals surface area contributed by atoms with Gasteiger partial charge in [0.05, 0.1) is 26.0 Å². The maximum absolute atomic E-state index is 5.50. The van der Waals surface area contributed by atoms with E-state index in [4.69, 9.17) is 14.5 Å². The molecule has 0 atom stereocenters. The third-order valence-corrected chi connectivity index (χ3v) is 7.94. The fourth-order valence-electron chi connectivity index (χ4n) is 4.78. The van der Waals surface area contributed by atoms with E-state index in [1.807, 2.05) is 6.07 Å². The molecule has 7 nitrogen and oxygen atoms in total.